The highest BCUT2D eigenvalue weighted by molar-refractivity contribution is 5.85. The third-order valence-corrected chi connectivity index (χ3v) is 3.56. The van der Waals surface area contributed by atoms with E-state index in [1.165, 1.54) is 5.56 Å². The van der Waals surface area contributed by atoms with E-state index < -0.39 is 0 Å². The van der Waals surface area contributed by atoms with Gasteiger partial charge in [-0.2, -0.15) is 0 Å². The molecule has 21 heavy (non-hydrogen) atoms. The molecule has 1 heterocycles. The third-order valence-electron chi connectivity index (χ3n) is 3.56. The van der Waals surface area contributed by atoms with E-state index >= 15 is 0 Å². The molecule has 1 saturated heterocycles. The fraction of sp³-hybridized carbons (Fsp3) is 0.562. The highest BCUT2D eigenvalue weighted by Gasteiger charge is 2.15. The molecule has 2 rings (SSSR count). The van der Waals surface area contributed by atoms with Crippen molar-refractivity contribution in [3.05, 3.63) is 29.8 Å². The smallest absolute Gasteiger partial charge is 0.258 e. The van der Waals surface area contributed by atoms with Crippen LogP contribution in [-0.2, 0) is 4.79 Å². The van der Waals surface area contributed by atoms with Gasteiger partial charge in [0.25, 0.3) is 5.91 Å². The average Bonchev–Trinajstić information content (AvgIpc) is 2.46. The molecule has 1 unspecified atom stereocenters. The molecule has 1 aromatic rings. The second kappa shape index (κ2) is 8.90. The number of carbonyl (C=O) groups excluding carboxylic acids is 1. The minimum absolute atomic E-state index is 0. The van der Waals surface area contributed by atoms with Gasteiger partial charge in [-0.15, -0.1) is 12.4 Å². The summed E-state index contributed by atoms with van der Waals surface area (Å²) in [6, 6.07) is 8.17. The summed E-state index contributed by atoms with van der Waals surface area (Å²) < 4.78 is 5.57. The van der Waals surface area contributed by atoms with E-state index in [2.05, 4.69) is 30.5 Å². The van der Waals surface area contributed by atoms with Gasteiger partial charge in [-0.25, -0.2) is 0 Å². The SMILES string of the molecule is CC(C)c1cccc(OCC(=O)NC2CCCNC2)c1.Cl. The van der Waals surface area contributed by atoms with E-state index in [9.17, 15) is 4.79 Å². The predicted molar refractivity (Wildman–Crippen MR) is 87.3 cm³/mol. The van der Waals surface area contributed by atoms with Gasteiger partial charge in [0.05, 0.1) is 0 Å². The lowest BCUT2D eigenvalue weighted by Crippen LogP contribution is -2.46. The van der Waals surface area contributed by atoms with Crippen LogP contribution in [-0.4, -0.2) is 31.6 Å². The lowest BCUT2D eigenvalue weighted by molar-refractivity contribution is -0.123. The molecule has 118 valence electrons. The molecule has 0 aromatic heterocycles. The quantitative estimate of drug-likeness (QED) is 0.878. The van der Waals surface area contributed by atoms with Crippen LogP contribution in [0.1, 0.15) is 38.2 Å². The van der Waals surface area contributed by atoms with Crippen LogP contribution in [0.15, 0.2) is 24.3 Å². The maximum Gasteiger partial charge on any atom is 0.258 e. The first-order valence-electron chi connectivity index (χ1n) is 7.38. The Morgan fingerprint density at radius 3 is 2.95 bits per heavy atom. The van der Waals surface area contributed by atoms with Gasteiger partial charge < -0.3 is 15.4 Å². The van der Waals surface area contributed by atoms with Gasteiger partial charge in [0.1, 0.15) is 5.75 Å². The van der Waals surface area contributed by atoms with Crippen molar-refractivity contribution < 1.29 is 9.53 Å². The van der Waals surface area contributed by atoms with Crippen LogP contribution in [0.25, 0.3) is 0 Å². The van der Waals surface area contributed by atoms with E-state index in [-0.39, 0.29) is 31.0 Å². The molecule has 0 aliphatic carbocycles. The number of carbonyl (C=O) groups is 1. The number of amides is 1. The normalized spacial score (nSPS) is 18.0. The first-order chi connectivity index (χ1) is 9.65. The molecule has 1 amide bonds. The van der Waals surface area contributed by atoms with Crippen LogP contribution in [0.3, 0.4) is 0 Å². The largest absolute Gasteiger partial charge is 0.484 e. The second-order valence-corrected chi connectivity index (χ2v) is 5.63. The van der Waals surface area contributed by atoms with Crippen molar-refractivity contribution in [3.63, 3.8) is 0 Å². The van der Waals surface area contributed by atoms with Crippen LogP contribution in [0.4, 0.5) is 0 Å². The molecule has 0 saturated carbocycles. The first-order valence-corrected chi connectivity index (χ1v) is 7.38. The number of halogens is 1. The number of benzene rings is 1. The highest BCUT2D eigenvalue weighted by Crippen LogP contribution is 2.19. The zero-order chi connectivity index (χ0) is 14.4. The molecule has 2 N–H and O–H groups in total. The summed E-state index contributed by atoms with van der Waals surface area (Å²) in [5.41, 5.74) is 1.22. The monoisotopic (exact) mass is 312 g/mol. The molecule has 1 fully saturated rings. The zero-order valence-corrected chi connectivity index (χ0v) is 13.5. The van der Waals surface area contributed by atoms with Crippen LogP contribution >= 0.6 is 12.4 Å². The third kappa shape index (κ3) is 5.94. The number of hydrogen-bond acceptors (Lipinski definition) is 3. The summed E-state index contributed by atoms with van der Waals surface area (Å²) >= 11 is 0. The topological polar surface area (TPSA) is 50.4 Å². The Hall–Kier alpha value is -1.26. The predicted octanol–water partition coefficient (Wildman–Crippen LogP) is 2.48. The van der Waals surface area contributed by atoms with Gasteiger partial charge in [-0.3, -0.25) is 4.79 Å². The van der Waals surface area contributed by atoms with Gasteiger partial charge in [-0.1, -0.05) is 26.0 Å². The Balaban J connectivity index is 0.00000220. The molecule has 0 radical (unpaired) electrons. The maximum atomic E-state index is 11.8. The standard InChI is InChI=1S/C16H24N2O2.ClH/c1-12(2)13-5-3-7-15(9-13)20-11-16(19)18-14-6-4-8-17-10-14;/h3,5,7,9,12,14,17H,4,6,8,10-11H2,1-2H3,(H,18,19);1H. The van der Waals surface area contributed by atoms with Gasteiger partial charge in [-0.05, 0) is 43.0 Å². The number of nitrogens with one attached hydrogen (secondary N) is 2. The fourth-order valence-corrected chi connectivity index (χ4v) is 2.36. The summed E-state index contributed by atoms with van der Waals surface area (Å²) in [4.78, 5) is 11.8. The Bertz CT molecular complexity index is 446. The van der Waals surface area contributed by atoms with E-state index in [0.29, 0.717) is 5.92 Å². The summed E-state index contributed by atoms with van der Waals surface area (Å²) in [5.74, 6) is 1.17. The second-order valence-electron chi connectivity index (χ2n) is 5.63. The number of piperidine rings is 1. The van der Waals surface area contributed by atoms with Crippen LogP contribution in [0, 0.1) is 0 Å². The number of hydrogen-bond donors (Lipinski definition) is 2. The molecular formula is C16H25ClN2O2. The minimum atomic E-state index is -0.0475. The van der Waals surface area contributed by atoms with Gasteiger partial charge in [0.2, 0.25) is 0 Å². The lowest BCUT2D eigenvalue weighted by atomic mass is 10.0. The fourth-order valence-electron chi connectivity index (χ4n) is 2.36. The van der Waals surface area contributed by atoms with Crippen molar-refractivity contribution in [1.82, 2.24) is 10.6 Å². The van der Waals surface area contributed by atoms with E-state index in [1.54, 1.807) is 0 Å². The van der Waals surface area contributed by atoms with E-state index in [1.807, 2.05) is 18.2 Å². The van der Waals surface area contributed by atoms with Crippen molar-refractivity contribution in [1.29, 1.82) is 0 Å². The van der Waals surface area contributed by atoms with Crippen molar-refractivity contribution in [2.45, 2.75) is 38.6 Å². The molecule has 1 atom stereocenters. The molecule has 1 aromatic carbocycles. The minimum Gasteiger partial charge on any atom is -0.484 e. The molecular weight excluding hydrogens is 288 g/mol. The molecule has 5 heteroatoms. The zero-order valence-electron chi connectivity index (χ0n) is 12.7. The molecule has 0 bridgehead atoms. The van der Waals surface area contributed by atoms with Gasteiger partial charge in [0, 0.05) is 12.6 Å². The summed E-state index contributed by atoms with van der Waals surface area (Å²) in [7, 11) is 0. The van der Waals surface area contributed by atoms with Crippen LogP contribution in [0.2, 0.25) is 0 Å². The van der Waals surface area contributed by atoms with Crippen LogP contribution < -0.4 is 15.4 Å². The molecule has 0 spiro atoms. The Labute approximate surface area is 133 Å². The van der Waals surface area contributed by atoms with Crippen LogP contribution in [0.5, 0.6) is 5.75 Å². The summed E-state index contributed by atoms with van der Waals surface area (Å²) in [6.07, 6.45) is 2.16. The molecule has 1 aliphatic heterocycles. The van der Waals surface area contributed by atoms with Crippen molar-refractivity contribution in [2.75, 3.05) is 19.7 Å². The lowest BCUT2D eigenvalue weighted by Gasteiger charge is -2.23. The van der Waals surface area contributed by atoms with Crippen molar-refractivity contribution in [3.8, 4) is 5.75 Å². The van der Waals surface area contributed by atoms with E-state index in [0.717, 1.165) is 31.7 Å². The number of rotatable bonds is 5. The maximum absolute atomic E-state index is 11.8. The Morgan fingerprint density at radius 2 is 2.29 bits per heavy atom. The molecule has 1 aliphatic rings. The Kier molecular flexibility index (Phi) is 7.54. The van der Waals surface area contributed by atoms with Crippen molar-refractivity contribution in [2.24, 2.45) is 0 Å². The highest BCUT2D eigenvalue weighted by atomic mass is 35.5. The molecule has 4 nitrogen and oxygen atoms in total. The van der Waals surface area contributed by atoms with Gasteiger partial charge in [0.15, 0.2) is 6.61 Å². The summed E-state index contributed by atoms with van der Waals surface area (Å²) in [6.45, 7) is 6.27. The van der Waals surface area contributed by atoms with Crippen molar-refractivity contribution >= 4 is 18.3 Å². The Morgan fingerprint density at radius 1 is 1.48 bits per heavy atom. The number of ether oxygens (including phenoxy) is 1. The average molecular weight is 313 g/mol. The van der Waals surface area contributed by atoms with Gasteiger partial charge >= 0.3 is 0 Å². The first kappa shape index (κ1) is 17.8. The summed E-state index contributed by atoms with van der Waals surface area (Å²) in [5, 5.41) is 6.28. The van der Waals surface area contributed by atoms with E-state index in [4.69, 9.17) is 4.74 Å².